The minimum atomic E-state index is -3.83. The lowest BCUT2D eigenvalue weighted by Gasteiger charge is -2.33. The molecule has 3 rings (SSSR count). The van der Waals surface area contributed by atoms with Crippen molar-refractivity contribution in [2.75, 3.05) is 17.8 Å². The smallest absolute Gasteiger partial charge is 0.261 e. The lowest BCUT2D eigenvalue weighted by Crippen LogP contribution is -2.50. The molecule has 0 saturated carbocycles. The molecule has 0 aliphatic carbocycles. The van der Waals surface area contributed by atoms with Gasteiger partial charge in [-0.1, -0.05) is 32.0 Å². The van der Waals surface area contributed by atoms with Crippen LogP contribution in [0.15, 0.2) is 53.4 Å². The van der Waals surface area contributed by atoms with Gasteiger partial charge in [0.05, 0.1) is 4.90 Å². The molecule has 1 aliphatic heterocycles. The Kier molecular flexibility index (Phi) is 7.00. The SMILES string of the molecule is Cc1cccc(NS(=O)(=O)c2cccc(C(=O)N3CCCC(NC(=O)C(C)C)C3)c2)c1. The number of rotatable bonds is 6. The predicted octanol–water partition coefficient (Wildman–Crippen LogP) is 3.17. The number of amides is 2. The highest BCUT2D eigenvalue weighted by atomic mass is 32.2. The van der Waals surface area contributed by atoms with Crippen molar-refractivity contribution in [1.82, 2.24) is 10.2 Å². The van der Waals surface area contributed by atoms with Gasteiger partial charge >= 0.3 is 0 Å². The number of aryl methyl sites for hydroxylation is 1. The number of nitrogens with zero attached hydrogens (tertiary/aromatic N) is 1. The molecular formula is C23H29N3O4S. The number of nitrogens with one attached hydrogen (secondary N) is 2. The molecule has 1 saturated heterocycles. The van der Waals surface area contributed by atoms with Crippen LogP contribution in [0.2, 0.25) is 0 Å². The Labute approximate surface area is 183 Å². The molecule has 1 fully saturated rings. The maximum absolute atomic E-state index is 13.0. The molecule has 2 amide bonds. The highest BCUT2D eigenvalue weighted by molar-refractivity contribution is 7.92. The van der Waals surface area contributed by atoms with E-state index < -0.39 is 10.0 Å². The van der Waals surface area contributed by atoms with Gasteiger partial charge in [0, 0.05) is 36.3 Å². The average Bonchev–Trinajstić information content (AvgIpc) is 2.73. The van der Waals surface area contributed by atoms with Crippen LogP contribution in [0.5, 0.6) is 0 Å². The number of hydrogen-bond acceptors (Lipinski definition) is 4. The molecule has 0 aromatic heterocycles. The first-order chi connectivity index (χ1) is 14.7. The van der Waals surface area contributed by atoms with Crippen molar-refractivity contribution >= 4 is 27.5 Å². The maximum Gasteiger partial charge on any atom is 0.261 e. The first-order valence-corrected chi connectivity index (χ1v) is 11.9. The molecule has 2 aromatic rings. The second-order valence-corrected chi connectivity index (χ2v) is 9.94. The molecule has 0 spiro atoms. The minimum absolute atomic E-state index is 0.0292. The van der Waals surface area contributed by atoms with Gasteiger partial charge in [0.2, 0.25) is 5.91 Å². The molecule has 2 N–H and O–H groups in total. The summed E-state index contributed by atoms with van der Waals surface area (Å²) in [5.41, 5.74) is 1.72. The fourth-order valence-electron chi connectivity index (χ4n) is 3.55. The van der Waals surface area contributed by atoms with Gasteiger partial charge < -0.3 is 10.2 Å². The topological polar surface area (TPSA) is 95.6 Å². The predicted molar refractivity (Wildman–Crippen MR) is 120 cm³/mol. The lowest BCUT2D eigenvalue weighted by atomic mass is 10.0. The first-order valence-electron chi connectivity index (χ1n) is 10.4. The summed E-state index contributed by atoms with van der Waals surface area (Å²) in [6.45, 7) is 6.53. The highest BCUT2D eigenvalue weighted by Gasteiger charge is 2.27. The van der Waals surface area contributed by atoms with E-state index in [1.807, 2.05) is 26.8 Å². The van der Waals surface area contributed by atoms with Crippen LogP contribution in [0.1, 0.15) is 42.6 Å². The van der Waals surface area contributed by atoms with Gasteiger partial charge in [0.25, 0.3) is 15.9 Å². The number of sulfonamides is 1. The second kappa shape index (κ2) is 9.51. The molecule has 8 heteroatoms. The number of likely N-dealkylation sites (tertiary alicyclic amines) is 1. The molecule has 1 unspecified atom stereocenters. The third kappa shape index (κ3) is 5.85. The summed E-state index contributed by atoms with van der Waals surface area (Å²) in [6, 6.07) is 13.0. The van der Waals surface area contributed by atoms with Gasteiger partial charge in [0.15, 0.2) is 0 Å². The van der Waals surface area contributed by atoms with Crippen LogP contribution in [0.3, 0.4) is 0 Å². The van der Waals surface area contributed by atoms with Crippen LogP contribution in [-0.4, -0.2) is 44.3 Å². The molecule has 0 bridgehead atoms. The zero-order chi connectivity index (χ0) is 22.6. The van der Waals surface area contributed by atoms with Crippen molar-refractivity contribution in [3.8, 4) is 0 Å². The fraction of sp³-hybridized carbons (Fsp3) is 0.391. The van der Waals surface area contributed by atoms with Gasteiger partial charge in [-0.15, -0.1) is 0 Å². The van der Waals surface area contributed by atoms with Gasteiger partial charge in [0.1, 0.15) is 0 Å². The highest BCUT2D eigenvalue weighted by Crippen LogP contribution is 2.20. The second-order valence-electron chi connectivity index (χ2n) is 8.26. The Morgan fingerprint density at radius 1 is 1.10 bits per heavy atom. The summed E-state index contributed by atoms with van der Waals surface area (Å²) in [4.78, 5) is 26.7. The normalized spacial score (nSPS) is 16.8. The Balaban J connectivity index is 1.74. The lowest BCUT2D eigenvalue weighted by molar-refractivity contribution is -0.125. The van der Waals surface area contributed by atoms with Crippen molar-refractivity contribution in [2.24, 2.45) is 5.92 Å². The van der Waals surface area contributed by atoms with Crippen molar-refractivity contribution in [1.29, 1.82) is 0 Å². The Morgan fingerprint density at radius 3 is 2.55 bits per heavy atom. The van der Waals surface area contributed by atoms with Crippen molar-refractivity contribution < 1.29 is 18.0 Å². The number of carbonyl (C=O) groups is 2. The zero-order valence-corrected chi connectivity index (χ0v) is 18.9. The van der Waals surface area contributed by atoms with E-state index >= 15 is 0 Å². The number of benzene rings is 2. The summed E-state index contributed by atoms with van der Waals surface area (Å²) >= 11 is 0. The Bertz CT molecular complexity index is 1070. The molecule has 31 heavy (non-hydrogen) atoms. The maximum atomic E-state index is 13.0. The molecule has 1 atom stereocenters. The Morgan fingerprint density at radius 2 is 1.84 bits per heavy atom. The van der Waals surface area contributed by atoms with E-state index in [4.69, 9.17) is 0 Å². The number of carbonyl (C=O) groups excluding carboxylic acids is 2. The third-order valence-electron chi connectivity index (χ3n) is 5.24. The van der Waals surface area contributed by atoms with E-state index in [1.54, 1.807) is 35.2 Å². The van der Waals surface area contributed by atoms with E-state index in [-0.39, 0.29) is 28.7 Å². The summed E-state index contributed by atoms with van der Waals surface area (Å²) in [7, 11) is -3.83. The summed E-state index contributed by atoms with van der Waals surface area (Å²) in [6.07, 6.45) is 1.60. The number of anilines is 1. The van der Waals surface area contributed by atoms with Gasteiger partial charge in [-0.05, 0) is 55.7 Å². The van der Waals surface area contributed by atoms with Crippen LogP contribution >= 0.6 is 0 Å². The third-order valence-corrected chi connectivity index (χ3v) is 6.62. The summed E-state index contributed by atoms with van der Waals surface area (Å²) in [5.74, 6) is -0.389. The Hall–Kier alpha value is -2.87. The van der Waals surface area contributed by atoms with E-state index in [2.05, 4.69) is 10.0 Å². The largest absolute Gasteiger partial charge is 0.351 e. The van der Waals surface area contributed by atoms with E-state index in [0.717, 1.165) is 18.4 Å². The van der Waals surface area contributed by atoms with Crippen LogP contribution < -0.4 is 10.0 Å². The molecular weight excluding hydrogens is 414 g/mol. The zero-order valence-electron chi connectivity index (χ0n) is 18.1. The van der Waals surface area contributed by atoms with Gasteiger partial charge in [-0.25, -0.2) is 8.42 Å². The van der Waals surface area contributed by atoms with E-state index in [0.29, 0.717) is 24.3 Å². The monoisotopic (exact) mass is 443 g/mol. The van der Waals surface area contributed by atoms with Gasteiger partial charge in [-0.3, -0.25) is 14.3 Å². The van der Waals surface area contributed by atoms with Crippen LogP contribution in [0, 0.1) is 12.8 Å². The van der Waals surface area contributed by atoms with Gasteiger partial charge in [-0.2, -0.15) is 0 Å². The molecule has 1 aliphatic rings. The summed E-state index contributed by atoms with van der Waals surface area (Å²) in [5, 5.41) is 2.98. The van der Waals surface area contributed by atoms with Crippen molar-refractivity contribution in [3.05, 3.63) is 59.7 Å². The van der Waals surface area contributed by atoms with Crippen LogP contribution in [0.4, 0.5) is 5.69 Å². The number of hydrogen-bond donors (Lipinski definition) is 2. The first kappa shape index (κ1) is 22.8. The average molecular weight is 444 g/mol. The minimum Gasteiger partial charge on any atom is -0.351 e. The molecule has 1 heterocycles. The molecule has 166 valence electrons. The van der Waals surface area contributed by atoms with Crippen molar-refractivity contribution in [2.45, 2.75) is 44.6 Å². The standard InChI is InChI=1S/C23H29N3O4S/c1-16(2)22(27)24-20-10-6-12-26(15-20)23(28)18-8-5-11-21(14-18)31(29,30)25-19-9-4-7-17(3)13-19/h4-5,7-9,11,13-14,16,20,25H,6,10,12,15H2,1-3H3,(H,24,27). The molecule has 2 aromatic carbocycles. The van der Waals surface area contributed by atoms with Crippen LogP contribution in [0.25, 0.3) is 0 Å². The molecule has 7 nitrogen and oxygen atoms in total. The summed E-state index contributed by atoms with van der Waals surface area (Å²) < 4.78 is 28.2. The molecule has 0 radical (unpaired) electrons. The van der Waals surface area contributed by atoms with Crippen LogP contribution in [-0.2, 0) is 14.8 Å². The van der Waals surface area contributed by atoms with E-state index in [9.17, 15) is 18.0 Å². The van der Waals surface area contributed by atoms with Crippen molar-refractivity contribution in [3.63, 3.8) is 0 Å². The quantitative estimate of drug-likeness (QED) is 0.717. The number of piperidine rings is 1. The van der Waals surface area contributed by atoms with E-state index in [1.165, 1.54) is 12.1 Å². The fourth-order valence-corrected chi connectivity index (χ4v) is 4.64.